The molecule has 0 amide bonds. The van der Waals surface area contributed by atoms with E-state index in [1.807, 2.05) is 13.0 Å². The summed E-state index contributed by atoms with van der Waals surface area (Å²) in [5.74, 6) is 1.57. The SMILES string of the molecule is Cc1nccc(NC(CCO)C(C)(C)C)n1. The lowest BCUT2D eigenvalue weighted by Gasteiger charge is -2.31. The maximum atomic E-state index is 9.06. The molecule has 0 radical (unpaired) electrons. The predicted molar refractivity (Wildman–Crippen MR) is 65.3 cm³/mol. The number of nitrogens with one attached hydrogen (secondary N) is 1. The third kappa shape index (κ3) is 3.77. The molecule has 1 aromatic rings. The molecule has 0 aliphatic heterocycles. The standard InChI is InChI=1S/C12H21N3O/c1-9-13-7-5-11(14-9)15-10(6-8-16)12(2,3)4/h5,7,10,16H,6,8H2,1-4H3,(H,13,14,15). The van der Waals surface area contributed by atoms with Crippen molar-refractivity contribution in [3.63, 3.8) is 0 Å². The summed E-state index contributed by atoms with van der Waals surface area (Å²) in [5.41, 5.74) is 0.0849. The number of aryl methyl sites for hydroxylation is 1. The van der Waals surface area contributed by atoms with Crippen LogP contribution in [-0.2, 0) is 0 Å². The van der Waals surface area contributed by atoms with Gasteiger partial charge in [-0.25, -0.2) is 9.97 Å². The number of anilines is 1. The number of rotatable bonds is 4. The molecule has 0 aliphatic carbocycles. The zero-order valence-corrected chi connectivity index (χ0v) is 10.5. The molecule has 1 heterocycles. The van der Waals surface area contributed by atoms with Crippen molar-refractivity contribution in [2.45, 2.75) is 40.2 Å². The van der Waals surface area contributed by atoms with Gasteiger partial charge in [-0.3, -0.25) is 0 Å². The molecule has 0 saturated carbocycles. The average Bonchev–Trinajstić information content (AvgIpc) is 2.16. The normalized spacial score (nSPS) is 13.6. The van der Waals surface area contributed by atoms with Crippen molar-refractivity contribution in [2.24, 2.45) is 5.41 Å². The predicted octanol–water partition coefficient (Wildman–Crippen LogP) is 1.99. The van der Waals surface area contributed by atoms with E-state index in [9.17, 15) is 0 Å². The van der Waals surface area contributed by atoms with Gasteiger partial charge in [0.25, 0.3) is 0 Å². The van der Waals surface area contributed by atoms with Gasteiger partial charge in [-0.05, 0) is 24.8 Å². The molecule has 1 unspecified atom stereocenters. The van der Waals surface area contributed by atoms with E-state index in [0.29, 0.717) is 6.42 Å². The Morgan fingerprint density at radius 2 is 2.12 bits per heavy atom. The highest BCUT2D eigenvalue weighted by atomic mass is 16.3. The van der Waals surface area contributed by atoms with Crippen molar-refractivity contribution < 1.29 is 5.11 Å². The summed E-state index contributed by atoms with van der Waals surface area (Å²) in [6.45, 7) is 8.49. The fourth-order valence-electron chi connectivity index (χ4n) is 1.57. The molecule has 4 nitrogen and oxygen atoms in total. The first-order valence-corrected chi connectivity index (χ1v) is 5.60. The van der Waals surface area contributed by atoms with Gasteiger partial charge >= 0.3 is 0 Å². The van der Waals surface area contributed by atoms with Crippen LogP contribution in [0.25, 0.3) is 0 Å². The molecule has 0 saturated heterocycles. The van der Waals surface area contributed by atoms with Crippen LogP contribution >= 0.6 is 0 Å². The van der Waals surface area contributed by atoms with Gasteiger partial charge in [-0.1, -0.05) is 20.8 Å². The quantitative estimate of drug-likeness (QED) is 0.819. The van der Waals surface area contributed by atoms with E-state index >= 15 is 0 Å². The van der Waals surface area contributed by atoms with E-state index in [-0.39, 0.29) is 18.1 Å². The number of aliphatic hydroxyl groups is 1. The van der Waals surface area contributed by atoms with E-state index in [4.69, 9.17) is 5.11 Å². The third-order valence-corrected chi connectivity index (χ3v) is 2.56. The van der Waals surface area contributed by atoms with E-state index in [1.165, 1.54) is 0 Å². The van der Waals surface area contributed by atoms with Gasteiger partial charge in [0.05, 0.1) is 0 Å². The molecule has 16 heavy (non-hydrogen) atoms. The first-order valence-electron chi connectivity index (χ1n) is 5.60. The lowest BCUT2D eigenvalue weighted by atomic mass is 9.85. The molecular weight excluding hydrogens is 202 g/mol. The van der Waals surface area contributed by atoms with Crippen LogP contribution in [0.4, 0.5) is 5.82 Å². The van der Waals surface area contributed by atoms with Gasteiger partial charge in [0.15, 0.2) is 0 Å². The monoisotopic (exact) mass is 223 g/mol. The summed E-state index contributed by atoms with van der Waals surface area (Å²) in [7, 11) is 0. The van der Waals surface area contributed by atoms with Crippen molar-refractivity contribution in [3.8, 4) is 0 Å². The molecule has 4 heteroatoms. The Bertz CT molecular complexity index is 333. The molecule has 2 N–H and O–H groups in total. The Morgan fingerprint density at radius 1 is 1.44 bits per heavy atom. The second-order valence-corrected chi connectivity index (χ2v) is 5.06. The summed E-state index contributed by atoms with van der Waals surface area (Å²) in [4.78, 5) is 8.36. The van der Waals surface area contributed by atoms with Crippen LogP contribution in [0.1, 0.15) is 33.0 Å². The molecule has 1 atom stereocenters. The Balaban J connectivity index is 2.76. The van der Waals surface area contributed by atoms with Crippen molar-refractivity contribution in [1.82, 2.24) is 9.97 Å². The van der Waals surface area contributed by atoms with Gasteiger partial charge in [0.2, 0.25) is 0 Å². The zero-order valence-electron chi connectivity index (χ0n) is 10.5. The van der Waals surface area contributed by atoms with E-state index in [2.05, 4.69) is 36.1 Å². The second kappa shape index (κ2) is 5.25. The summed E-state index contributed by atoms with van der Waals surface area (Å²) >= 11 is 0. The fraction of sp³-hybridized carbons (Fsp3) is 0.667. The van der Waals surface area contributed by atoms with Crippen LogP contribution in [0, 0.1) is 12.3 Å². The van der Waals surface area contributed by atoms with Gasteiger partial charge in [0.1, 0.15) is 11.6 Å². The molecule has 1 aromatic heterocycles. The summed E-state index contributed by atoms with van der Waals surface area (Å²) in [5, 5.41) is 12.4. The third-order valence-electron chi connectivity index (χ3n) is 2.56. The van der Waals surface area contributed by atoms with Gasteiger partial charge < -0.3 is 10.4 Å². The lowest BCUT2D eigenvalue weighted by molar-refractivity contribution is 0.235. The topological polar surface area (TPSA) is 58.0 Å². The Labute approximate surface area is 97.1 Å². The molecule has 0 fully saturated rings. The number of aromatic nitrogens is 2. The van der Waals surface area contributed by atoms with Crippen molar-refractivity contribution in [1.29, 1.82) is 0 Å². The molecule has 1 rings (SSSR count). The van der Waals surface area contributed by atoms with Gasteiger partial charge in [-0.2, -0.15) is 0 Å². The Morgan fingerprint density at radius 3 is 2.62 bits per heavy atom. The van der Waals surface area contributed by atoms with Crippen LogP contribution in [0.2, 0.25) is 0 Å². The molecule has 0 bridgehead atoms. The highest BCUT2D eigenvalue weighted by molar-refractivity contribution is 5.34. The zero-order chi connectivity index (χ0) is 12.2. The van der Waals surface area contributed by atoms with E-state index in [0.717, 1.165) is 11.6 Å². The Kier molecular flexibility index (Phi) is 4.24. The van der Waals surface area contributed by atoms with E-state index < -0.39 is 0 Å². The van der Waals surface area contributed by atoms with Crippen LogP contribution in [0.3, 0.4) is 0 Å². The number of nitrogens with zero attached hydrogens (tertiary/aromatic N) is 2. The maximum absolute atomic E-state index is 9.06. The highest BCUT2D eigenvalue weighted by Crippen LogP contribution is 2.24. The minimum absolute atomic E-state index is 0.0849. The Hall–Kier alpha value is -1.16. The summed E-state index contributed by atoms with van der Waals surface area (Å²) in [6.07, 6.45) is 2.45. The maximum Gasteiger partial charge on any atom is 0.129 e. The average molecular weight is 223 g/mol. The molecule has 0 spiro atoms. The van der Waals surface area contributed by atoms with E-state index in [1.54, 1.807) is 6.20 Å². The van der Waals surface area contributed by atoms with Gasteiger partial charge in [0, 0.05) is 18.8 Å². The smallest absolute Gasteiger partial charge is 0.129 e. The van der Waals surface area contributed by atoms with Crippen LogP contribution in [-0.4, -0.2) is 27.7 Å². The van der Waals surface area contributed by atoms with Crippen LogP contribution < -0.4 is 5.32 Å². The first-order chi connectivity index (χ1) is 7.43. The highest BCUT2D eigenvalue weighted by Gasteiger charge is 2.24. The minimum atomic E-state index is 0.0849. The molecule has 90 valence electrons. The summed E-state index contributed by atoms with van der Waals surface area (Å²) < 4.78 is 0. The second-order valence-electron chi connectivity index (χ2n) is 5.06. The largest absolute Gasteiger partial charge is 0.396 e. The van der Waals surface area contributed by atoms with Crippen molar-refractivity contribution >= 4 is 5.82 Å². The fourth-order valence-corrected chi connectivity index (χ4v) is 1.57. The number of hydrogen-bond acceptors (Lipinski definition) is 4. The molecule has 0 aliphatic rings. The molecular formula is C12H21N3O. The minimum Gasteiger partial charge on any atom is -0.396 e. The molecule has 0 aromatic carbocycles. The van der Waals surface area contributed by atoms with Crippen LogP contribution in [0.5, 0.6) is 0 Å². The lowest BCUT2D eigenvalue weighted by Crippen LogP contribution is -2.35. The van der Waals surface area contributed by atoms with Crippen molar-refractivity contribution in [3.05, 3.63) is 18.1 Å². The van der Waals surface area contributed by atoms with Gasteiger partial charge in [-0.15, -0.1) is 0 Å². The number of aliphatic hydroxyl groups excluding tert-OH is 1. The van der Waals surface area contributed by atoms with Crippen LogP contribution in [0.15, 0.2) is 12.3 Å². The summed E-state index contributed by atoms with van der Waals surface area (Å²) in [6, 6.07) is 2.05. The number of hydrogen-bond donors (Lipinski definition) is 2. The van der Waals surface area contributed by atoms with Crippen molar-refractivity contribution in [2.75, 3.05) is 11.9 Å². The first kappa shape index (κ1) is 12.9.